The van der Waals surface area contributed by atoms with E-state index in [2.05, 4.69) is 22.4 Å². The van der Waals surface area contributed by atoms with E-state index in [0.29, 0.717) is 17.5 Å². The fourth-order valence-corrected chi connectivity index (χ4v) is 2.96. The third-order valence-electron chi connectivity index (χ3n) is 3.47. The van der Waals surface area contributed by atoms with Crippen molar-refractivity contribution in [3.05, 3.63) is 29.8 Å². The Morgan fingerprint density at radius 2 is 2.08 bits per heavy atom. The first kappa shape index (κ1) is 19.0. The average Bonchev–Trinajstić information content (AvgIpc) is 2.92. The van der Waals surface area contributed by atoms with Crippen molar-refractivity contribution >= 4 is 34.5 Å². The van der Waals surface area contributed by atoms with Crippen LogP contribution in [0.15, 0.2) is 34.5 Å². The number of hydrogen-bond acceptors (Lipinski definition) is 6. The number of benzene rings is 1. The highest BCUT2D eigenvalue weighted by atomic mass is 32.2. The van der Waals surface area contributed by atoms with Gasteiger partial charge in [0.1, 0.15) is 11.0 Å². The van der Waals surface area contributed by atoms with Crippen molar-refractivity contribution in [2.75, 3.05) is 6.61 Å². The summed E-state index contributed by atoms with van der Waals surface area (Å²) >= 11 is 1.08. The monoisotopic (exact) mass is 363 g/mol. The maximum Gasteiger partial charge on any atom is 0.305 e. The molecule has 1 amide bonds. The molecule has 0 aliphatic carbocycles. The maximum atomic E-state index is 11.6. The van der Waals surface area contributed by atoms with Crippen molar-refractivity contribution in [1.82, 2.24) is 5.32 Å². The summed E-state index contributed by atoms with van der Waals surface area (Å²) < 4.78 is 5.61. The lowest BCUT2D eigenvalue weighted by Crippen LogP contribution is -2.26. The molecule has 1 aliphatic heterocycles. The number of aliphatic carboxylic acids is 1. The van der Waals surface area contributed by atoms with Crippen molar-refractivity contribution < 1.29 is 19.4 Å². The van der Waals surface area contributed by atoms with E-state index < -0.39 is 11.2 Å². The summed E-state index contributed by atoms with van der Waals surface area (Å²) in [5.41, 5.74) is 1.58. The lowest BCUT2D eigenvalue weighted by Gasteiger charge is -2.06. The van der Waals surface area contributed by atoms with Gasteiger partial charge in [0.25, 0.3) is 0 Å². The number of amides is 1. The molecule has 7 nitrogen and oxygen atoms in total. The normalized spacial score (nSPS) is 19.1. The van der Waals surface area contributed by atoms with Gasteiger partial charge in [-0.3, -0.25) is 9.59 Å². The van der Waals surface area contributed by atoms with Gasteiger partial charge >= 0.3 is 5.97 Å². The van der Waals surface area contributed by atoms with Crippen LogP contribution < -0.4 is 10.1 Å². The predicted octanol–water partition coefficient (Wildman–Crippen LogP) is 2.65. The SMILES string of the molecule is CCCCOc1ccc(/C(C)=N\N=C2NC(=O)C(CC(=O)O)S2)cc1. The van der Waals surface area contributed by atoms with Crippen molar-refractivity contribution in [3.63, 3.8) is 0 Å². The number of carboxylic acids is 1. The molecular formula is C17H21N3O4S. The number of nitrogens with zero attached hydrogens (tertiary/aromatic N) is 2. The predicted molar refractivity (Wildman–Crippen MR) is 98.3 cm³/mol. The third kappa shape index (κ3) is 5.90. The van der Waals surface area contributed by atoms with Gasteiger partial charge in [-0.05, 0) is 43.2 Å². The molecule has 0 saturated carbocycles. The quantitative estimate of drug-likeness (QED) is 0.420. The molecule has 0 aromatic heterocycles. The van der Waals surface area contributed by atoms with Gasteiger partial charge in [-0.25, -0.2) is 0 Å². The van der Waals surface area contributed by atoms with E-state index in [9.17, 15) is 9.59 Å². The Labute approximate surface area is 150 Å². The zero-order valence-electron chi connectivity index (χ0n) is 14.2. The van der Waals surface area contributed by atoms with Crippen LogP contribution in [-0.2, 0) is 9.59 Å². The number of rotatable bonds is 8. The van der Waals surface area contributed by atoms with E-state index >= 15 is 0 Å². The number of nitrogens with one attached hydrogen (secondary N) is 1. The molecule has 0 bridgehead atoms. The van der Waals surface area contributed by atoms with Gasteiger partial charge in [-0.2, -0.15) is 5.10 Å². The van der Waals surface area contributed by atoms with Crippen LogP contribution in [-0.4, -0.2) is 39.7 Å². The summed E-state index contributed by atoms with van der Waals surface area (Å²) in [4.78, 5) is 22.3. The van der Waals surface area contributed by atoms with E-state index in [4.69, 9.17) is 9.84 Å². The molecule has 0 spiro atoms. The molecule has 1 aromatic rings. The molecule has 1 saturated heterocycles. The number of ether oxygens (including phenoxy) is 1. The first-order valence-corrected chi connectivity index (χ1v) is 8.92. The van der Waals surface area contributed by atoms with E-state index in [1.54, 1.807) is 0 Å². The van der Waals surface area contributed by atoms with Gasteiger partial charge in [0.05, 0.1) is 18.7 Å². The van der Waals surface area contributed by atoms with E-state index in [-0.39, 0.29) is 12.3 Å². The zero-order valence-corrected chi connectivity index (χ0v) is 15.0. The Bertz CT molecular complexity index is 686. The maximum absolute atomic E-state index is 11.6. The molecule has 1 aliphatic rings. The number of amidine groups is 1. The van der Waals surface area contributed by atoms with Crippen LogP contribution in [0.2, 0.25) is 0 Å². The molecular weight excluding hydrogens is 342 g/mol. The van der Waals surface area contributed by atoms with Crippen molar-refractivity contribution in [2.45, 2.75) is 38.4 Å². The average molecular weight is 363 g/mol. The second kappa shape index (κ2) is 9.22. The molecule has 2 N–H and O–H groups in total. The van der Waals surface area contributed by atoms with Gasteiger partial charge in [0, 0.05) is 0 Å². The lowest BCUT2D eigenvalue weighted by atomic mass is 10.1. The third-order valence-corrected chi connectivity index (χ3v) is 4.54. The zero-order chi connectivity index (χ0) is 18.2. The highest BCUT2D eigenvalue weighted by molar-refractivity contribution is 8.15. The van der Waals surface area contributed by atoms with Crippen LogP contribution in [0.1, 0.15) is 38.7 Å². The highest BCUT2D eigenvalue weighted by Crippen LogP contribution is 2.22. The summed E-state index contributed by atoms with van der Waals surface area (Å²) in [6.45, 7) is 4.63. The summed E-state index contributed by atoms with van der Waals surface area (Å²) in [6.07, 6.45) is 1.87. The molecule has 1 unspecified atom stereocenters. The number of carboxylic acid groups (broad SMARTS) is 1. The van der Waals surface area contributed by atoms with Crippen LogP contribution in [0.25, 0.3) is 0 Å². The largest absolute Gasteiger partial charge is 0.494 e. The number of unbranched alkanes of at least 4 members (excludes halogenated alkanes) is 1. The van der Waals surface area contributed by atoms with Crippen LogP contribution >= 0.6 is 11.8 Å². The van der Waals surface area contributed by atoms with Crippen LogP contribution in [0.3, 0.4) is 0 Å². The fourth-order valence-electron chi connectivity index (χ4n) is 2.05. The summed E-state index contributed by atoms with van der Waals surface area (Å²) in [5.74, 6) is -0.561. The number of carbonyl (C=O) groups is 2. The number of carbonyl (C=O) groups excluding carboxylic acids is 1. The van der Waals surface area contributed by atoms with E-state index in [1.807, 2.05) is 31.2 Å². The minimum absolute atomic E-state index is 0.238. The van der Waals surface area contributed by atoms with Gasteiger partial charge in [0.2, 0.25) is 5.91 Å². The standard InChI is InChI=1S/C17H21N3O4S/c1-3-4-9-24-13-7-5-12(6-8-13)11(2)19-20-17-18-16(23)14(25-17)10-15(21)22/h5-8,14H,3-4,9-10H2,1-2H3,(H,21,22)(H,18,20,23)/b19-11-. The molecule has 1 atom stereocenters. The highest BCUT2D eigenvalue weighted by Gasteiger charge is 2.32. The molecule has 1 fully saturated rings. The number of thioether (sulfide) groups is 1. The van der Waals surface area contributed by atoms with Crippen LogP contribution in [0, 0.1) is 0 Å². The van der Waals surface area contributed by atoms with Crippen molar-refractivity contribution in [3.8, 4) is 5.75 Å². The molecule has 2 rings (SSSR count). The Hall–Kier alpha value is -2.35. The molecule has 8 heteroatoms. The fraction of sp³-hybridized carbons (Fsp3) is 0.412. The summed E-state index contributed by atoms with van der Waals surface area (Å²) in [6, 6.07) is 7.56. The Balaban J connectivity index is 1.97. The minimum atomic E-state index is -1.02. The Morgan fingerprint density at radius 3 is 2.72 bits per heavy atom. The second-order valence-electron chi connectivity index (χ2n) is 5.51. The first-order valence-electron chi connectivity index (χ1n) is 8.04. The smallest absolute Gasteiger partial charge is 0.305 e. The van der Waals surface area contributed by atoms with Gasteiger partial charge in [-0.15, -0.1) is 5.10 Å². The lowest BCUT2D eigenvalue weighted by molar-refractivity contribution is -0.138. The van der Waals surface area contributed by atoms with Gasteiger partial charge in [-0.1, -0.05) is 25.1 Å². The molecule has 134 valence electrons. The van der Waals surface area contributed by atoms with E-state index in [0.717, 1.165) is 35.9 Å². The molecule has 25 heavy (non-hydrogen) atoms. The second-order valence-corrected chi connectivity index (χ2v) is 6.70. The van der Waals surface area contributed by atoms with Crippen molar-refractivity contribution in [1.29, 1.82) is 0 Å². The van der Waals surface area contributed by atoms with Crippen molar-refractivity contribution in [2.24, 2.45) is 10.2 Å². The minimum Gasteiger partial charge on any atom is -0.494 e. The van der Waals surface area contributed by atoms with Crippen LogP contribution in [0.4, 0.5) is 0 Å². The Morgan fingerprint density at radius 1 is 1.36 bits per heavy atom. The van der Waals surface area contributed by atoms with Gasteiger partial charge < -0.3 is 15.2 Å². The first-order chi connectivity index (χ1) is 12.0. The van der Waals surface area contributed by atoms with Crippen LogP contribution in [0.5, 0.6) is 5.75 Å². The topological polar surface area (TPSA) is 100 Å². The number of hydrogen-bond donors (Lipinski definition) is 2. The molecule has 0 radical (unpaired) electrons. The molecule has 1 aromatic carbocycles. The summed E-state index contributed by atoms with van der Waals surface area (Å²) in [5, 5.41) is 19.1. The summed E-state index contributed by atoms with van der Waals surface area (Å²) in [7, 11) is 0. The van der Waals surface area contributed by atoms with Gasteiger partial charge in [0.15, 0.2) is 5.17 Å². The van der Waals surface area contributed by atoms with E-state index in [1.165, 1.54) is 0 Å². The molecule has 1 heterocycles. The Kier molecular flexibility index (Phi) is 7.00.